The van der Waals surface area contributed by atoms with Gasteiger partial charge in [-0.15, -0.1) is 10.2 Å². The molecule has 0 fully saturated rings. The number of aromatic nitrogens is 3. The summed E-state index contributed by atoms with van der Waals surface area (Å²) in [7, 11) is -4.08. The maximum Gasteiger partial charge on any atom is 0.298 e. The first-order valence-electron chi connectivity index (χ1n) is 8.39. The molecule has 1 N–H and O–H groups in total. The van der Waals surface area contributed by atoms with Gasteiger partial charge in [-0.25, -0.2) is 4.39 Å². The Bertz CT molecular complexity index is 1190. The molecule has 1 heterocycles. The molecule has 1 aromatic heterocycles. The highest BCUT2D eigenvalue weighted by molar-refractivity contribution is 7.92. The number of benzene rings is 3. The van der Waals surface area contributed by atoms with Crippen LogP contribution in [0.25, 0.3) is 17.1 Å². The van der Waals surface area contributed by atoms with Crippen molar-refractivity contribution < 1.29 is 12.8 Å². The Kier molecular flexibility index (Phi) is 4.62. The normalized spacial score (nSPS) is 11.3. The highest BCUT2D eigenvalue weighted by atomic mass is 32.2. The van der Waals surface area contributed by atoms with Crippen LogP contribution in [0.15, 0.2) is 90.1 Å². The molecule has 6 nitrogen and oxygen atoms in total. The van der Waals surface area contributed by atoms with E-state index in [4.69, 9.17) is 0 Å². The summed E-state index contributed by atoms with van der Waals surface area (Å²) in [6, 6.07) is 23.2. The smallest absolute Gasteiger partial charge is 0.277 e. The molecule has 0 aliphatic heterocycles. The monoisotopic (exact) mass is 394 g/mol. The molecule has 3 aromatic carbocycles. The molecular weight excluding hydrogens is 379 g/mol. The Morgan fingerprint density at radius 1 is 0.786 bits per heavy atom. The van der Waals surface area contributed by atoms with Crippen LogP contribution in [0.1, 0.15) is 0 Å². The first-order valence-corrected chi connectivity index (χ1v) is 9.87. The Balaban J connectivity index is 1.85. The first-order chi connectivity index (χ1) is 13.5. The third kappa shape index (κ3) is 3.49. The summed E-state index contributed by atoms with van der Waals surface area (Å²) in [6.07, 6.45) is 0. The summed E-state index contributed by atoms with van der Waals surface area (Å²) < 4.78 is 43.0. The van der Waals surface area contributed by atoms with Gasteiger partial charge in [0.15, 0.2) is 5.82 Å². The van der Waals surface area contributed by atoms with Gasteiger partial charge in [-0.1, -0.05) is 48.5 Å². The Labute approximate surface area is 161 Å². The van der Waals surface area contributed by atoms with E-state index in [1.54, 1.807) is 24.3 Å². The molecule has 0 aliphatic carbocycles. The fourth-order valence-electron chi connectivity index (χ4n) is 2.75. The molecule has 0 bridgehead atoms. The van der Waals surface area contributed by atoms with Crippen LogP contribution in [0.3, 0.4) is 0 Å². The topological polar surface area (TPSA) is 76.9 Å². The molecule has 28 heavy (non-hydrogen) atoms. The van der Waals surface area contributed by atoms with Crippen molar-refractivity contribution in [2.75, 3.05) is 4.72 Å². The van der Waals surface area contributed by atoms with E-state index in [9.17, 15) is 12.8 Å². The second kappa shape index (κ2) is 7.24. The molecular formula is C20H15FN4O2S. The van der Waals surface area contributed by atoms with Crippen molar-refractivity contribution in [3.8, 4) is 17.1 Å². The maximum atomic E-state index is 13.1. The molecule has 0 amide bonds. The lowest BCUT2D eigenvalue weighted by molar-refractivity contribution is 0.588. The number of nitrogens with zero attached hydrogens (tertiary/aromatic N) is 3. The van der Waals surface area contributed by atoms with Crippen LogP contribution in [0, 0.1) is 5.82 Å². The van der Waals surface area contributed by atoms with Gasteiger partial charge in [0.05, 0.1) is 0 Å². The molecule has 0 radical (unpaired) electrons. The largest absolute Gasteiger partial charge is 0.298 e. The Morgan fingerprint density at radius 2 is 1.39 bits per heavy atom. The molecule has 8 heteroatoms. The van der Waals surface area contributed by atoms with Gasteiger partial charge in [0.2, 0.25) is 0 Å². The third-order valence-corrected chi connectivity index (χ3v) is 5.27. The van der Waals surface area contributed by atoms with Crippen LogP contribution >= 0.6 is 0 Å². The number of hydrogen-bond acceptors (Lipinski definition) is 4. The van der Waals surface area contributed by atoms with E-state index in [0.29, 0.717) is 11.5 Å². The molecule has 4 aromatic rings. The second-order valence-electron chi connectivity index (χ2n) is 5.96. The van der Waals surface area contributed by atoms with E-state index >= 15 is 0 Å². The predicted molar refractivity (Wildman–Crippen MR) is 104 cm³/mol. The summed E-state index contributed by atoms with van der Waals surface area (Å²) in [5, 5.41) is 7.80. The van der Waals surface area contributed by atoms with Gasteiger partial charge in [0, 0.05) is 16.9 Å². The van der Waals surface area contributed by atoms with Crippen LogP contribution in [0.5, 0.6) is 0 Å². The molecule has 0 spiro atoms. The van der Waals surface area contributed by atoms with E-state index in [0.717, 1.165) is 5.56 Å². The minimum absolute atomic E-state index is 0.227. The van der Waals surface area contributed by atoms with Gasteiger partial charge < -0.3 is 0 Å². The lowest BCUT2D eigenvalue weighted by Crippen LogP contribution is -2.18. The number of rotatable bonds is 5. The van der Waals surface area contributed by atoms with E-state index in [2.05, 4.69) is 14.9 Å². The number of nitrogens with one attached hydrogen (secondary N) is 1. The van der Waals surface area contributed by atoms with Crippen LogP contribution < -0.4 is 4.72 Å². The van der Waals surface area contributed by atoms with Crippen molar-refractivity contribution in [1.82, 2.24) is 14.8 Å². The summed E-state index contributed by atoms with van der Waals surface area (Å²) in [5.41, 5.74) is 1.55. The van der Waals surface area contributed by atoms with Gasteiger partial charge in [0.1, 0.15) is 5.82 Å². The summed E-state index contributed by atoms with van der Waals surface area (Å²) in [5.74, 6) is -0.0620. The molecule has 0 saturated carbocycles. The Hall–Kier alpha value is -3.52. The third-order valence-electron chi connectivity index (χ3n) is 4.02. The van der Waals surface area contributed by atoms with Crippen LogP contribution in [-0.4, -0.2) is 23.2 Å². The molecule has 0 unspecified atom stereocenters. The summed E-state index contributed by atoms with van der Waals surface area (Å²) >= 11 is 0. The minimum atomic E-state index is -4.08. The lowest BCUT2D eigenvalue weighted by atomic mass is 10.2. The van der Waals surface area contributed by atoms with Gasteiger partial charge in [-0.2, -0.15) is 8.42 Å². The molecule has 0 aliphatic rings. The van der Waals surface area contributed by atoms with E-state index in [1.807, 2.05) is 36.4 Å². The van der Waals surface area contributed by atoms with Gasteiger partial charge in [0.25, 0.3) is 15.2 Å². The highest BCUT2D eigenvalue weighted by Gasteiger charge is 2.26. The van der Waals surface area contributed by atoms with Crippen LogP contribution in [-0.2, 0) is 10.0 Å². The van der Waals surface area contributed by atoms with Crippen molar-refractivity contribution in [3.05, 3.63) is 90.7 Å². The zero-order valence-corrected chi connectivity index (χ0v) is 15.3. The standard InChI is InChI=1S/C20H15FN4O2S/c21-16-11-13-17(14-12-16)24-28(26,27)20-23-22-19(15-7-3-1-4-8-15)25(20)18-9-5-2-6-10-18/h1-14,24H. The lowest BCUT2D eigenvalue weighted by Gasteiger charge is -2.12. The van der Waals surface area contributed by atoms with Crippen LogP contribution in [0.4, 0.5) is 10.1 Å². The fourth-order valence-corrected chi connectivity index (χ4v) is 3.86. The van der Waals surface area contributed by atoms with Gasteiger partial charge >= 0.3 is 0 Å². The number of sulfonamides is 1. The quantitative estimate of drug-likeness (QED) is 0.557. The fraction of sp³-hybridized carbons (Fsp3) is 0. The zero-order chi connectivity index (χ0) is 19.6. The van der Waals surface area contributed by atoms with Crippen LogP contribution in [0.2, 0.25) is 0 Å². The highest BCUT2D eigenvalue weighted by Crippen LogP contribution is 2.26. The maximum absolute atomic E-state index is 13.1. The molecule has 4 rings (SSSR count). The number of halogens is 1. The van der Waals surface area contributed by atoms with Crippen molar-refractivity contribution in [1.29, 1.82) is 0 Å². The van der Waals surface area contributed by atoms with E-state index in [1.165, 1.54) is 28.8 Å². The zero-order valence-electron chi connectivity index (χ0n) is 14.5. The predicted octanol–water partition coefficient (Wildman–Crippen LogP) is 3.87. The minimum Gasteiger partial charge on any atom is -0.277 e. The molecule has 140 valence electrons. The average molecular weight is 394 g/mol. The average Bonchev–Trinajstić information content (AvgIpc) is 3.17. The number of hydrogen-bond donors (Lipinski definition) is 1. The van der Waals surface area contributed by atoms with Gasteiger partial charge in [-0.05, 0) is 36.4 Å². The summed E-state index contributed by atoms with van der Waals surface area (Å²) in [6.45, 7) is 0. The number of anilines is 1. The molecule has 0 atom stereocenters. The van der Waals surface area contributed by atoms with Gasteiger partial charge in [-0.3, -0.25) is 9.29 Å². The summed E-state index contributed by atoms with van der Waals surface area (Å²) in [4.78, 5) is 0. The second-order valence-corrected chi connectivity index (χ2v) is 7.53. The molecule has 0 saturated heterocycles. The number of para-hydroxylation sites is 1. The van der Waals surface area contributed by atoms with E-state index in [-0.39, 0.29) is 10.8 Å². The van der Waals surface area contributed by atoms with Crippen molar-refractivity contribution >= 4 is 15.7 Å². The Morgan fingerprint density at radius 3 is 2.04 bits per heavy atom. The van der Waals surface area contributed by atoms with E-state index < -0.39 is 15.8 Å². The SMILES string of the molecule is O=S(=O)(Nc1ccc(F)cc1)c1nnc(-c2ccccc2)n1-c1ccccc1. The van der Waals surface area contributed by atoms with Crippen molar-refractivity contribution in [2.24, 2.45) is 0 Å². The first kappa shape index (κ1) is 17.9. The van der Waals surface area contributed by atoms with Crippen molar-refractivity contribution in [3.63, 3.8) is 0 Å². The van der Waals surface area contributed by atoms with Crippen molar-refractivity contribution in [2.45, 2.75) is 5.16 Å².